The van der Waals surface area contributed by atoms with Gasteiger partial charge in [-0.2, -0.15) is 13.2 Å². The van der Waals surface area contributed by atoms with Gasteiger partial charge in [0, 0.05) is 17.8 Å². The second-order valence-corrected chi connectivity index (χ2v) is 5.48. The van der Waals surface area contributed by atoms with Crippen LogP contribution in [0.5, 0.6) is 0 Å². The molecule has 11 heteroatoms. The van der Waals surface area contributed by atoms with Crippen molar-refractivity contribution in [2.45, 2.75) is 13.1 Å². The Labute approximate surface area is 155 Å². The molecule has 2 amide bonds. The van der Waals surface area contributed by atoms with Crippen LogP contribution in [0.25, 0.3) is 0 Å². The number of carbonyl (C=O) groups excluding carboxylic acids is 3. The molecule has 0 aliphatic rings. The molecule has 0 aliphatic carbocycles. The summed E-state index contributed by atoms with van der Waals surface area (Å²) in [6.07, 6.45) is -4.73. The molecular formula is C17H14F4N4O3. The Kier molecular flexibility index (Phi) is 5.96. The van der Waals surface area contributed by atoms with E-state index in [0.29, 0.717) is 6.07 Å². The van der Waals surface area contributed by atoms with Gasteiger partial charge in [-0.3, -0.25) is 14.4 Å². The molecule has 0 fully saturated rings. The van der Waals surface area contributed by atoms with Crippen LogP contribution in [0, 0.1) is 5.82 Å². The van der Waals surface area contributed by atoms with Crippen LogP contribution in [-0.4, -0.2) is 29.6 Å². The van der Waals surface area contributed by atoms with E-state index < -0.39 is 46.3 Å². The molecule has 1 aromatic carbocycles. The number of aromatic nitrogens is 1. The lowest BCUT2D eigenvalue weighted by Gasteiger charge is -2.16. The van der Waals surface area contributed by atoms with Crippen LogP contribution in [0.4, 0.5) is 28.9 Å². The van der Waals surface area contributed by atoms with Crippen LogP contribution in [0.3, 0.4) is 0 Å². The molecule has 0 aliphatic heterocycles. The number of nitrogens with zero attached hydrogens (tertiary/aromatic N) is 1. The van der Waals surface area contributed by atoms with E-state index in [-0.39, 0.29) is 24.2 Å². The molecule has 0 saturated carbocycles. The van der Waals surface area contributed by atoms with Crippen LogP contribution in [0.2, 0.25) is 0 Å². The number of rotatable bonds is 6. The Bertz CT molecular complexity index is 945. The molecule has 2 aromatic rings. The second kappa shape index (κ2) is 8.03. The van der Waals surface area contributed by atoms with Gasteiger partial charge in [0.15, 0.2) is 12.0 Å². The summed E-state index contributed by atoms with van der Waals surface area (Å²) in [6.45, 7) is 1.80. The lowest BCUT2D eigenvalue weighted by molar-refractivity contribution is -0.141. The molecule has 28 heavy (non-hydrogen) atoms. The predicted octanol–water partition coefficient (Wildman–Crippen LogP) is 2.84. The van der Waals surface area contributed by atoms with Crippen LogP contribution in [-0.2, 0) is 6.18 Å². The molecule has 7 nitrogen and oxygen atoms in total. The van der Waals surface area contributed by atoms with Gasteiger partial charge in [-0.25, -0.2) is 9.37 Å². The number of nitrogens with two attached hydrogens (primary N) is 1. The number of anilines is 2. The highest BCUT2D eigenvalue weighted by Crippen LogP contribution is 2.31. The van der Waals surface area contributed by atoms with Gasteiger partial charge in [-0.15, -0.1) is 0 Å². The fourth-order valence-electron chi connectivity index (χ4n) is 2.31. The number of nitrogens with one attached hydrogen (secondary N) is 2. The van der Waals surface area contributed by atoms with E-state index in [1.807, 2.05) is 0 Å². The first-order valence-electron chi connectivity index (χ1n) is 7.80. The number of primary amides is 1. The van der Waals surface area contributed by atoms with Crippen molar-refractivity contribution in [2.75, 3.05) is 17.2 Å². The fourth-order valence-corrected chi connectivity index (χ4v) is 2.31. The van der Waals surface area contributed by atoms with Crippen molar-refractivity contribution in [3.05, 3.63) is 52.6 Å². The number of pyridine rings is 1. The zero-order valence-corrected chi connectivity index (χ0v) is 14.4. The van der Waals surface area contributed by atoms with Gasteiger partial charge in [0.1, 0.15) is 11.5 Å². The zero-order valence-electron chi connectivity index (χ0n) is 14.4. The second-order valence-electron chi connectivity index (χ2n) is 5.48. The molecule has 0 bridgehead atoms. The third-order valence-corrected chi connectivity index (χ3v) is 3.53. The van der Waals surface area contributed by atoms with Gasteiger partial charge in [-0.05, 0) is 31.2 Å². The van der Waals surface area contributed by atoms with Crippen molar-refractivity contribution in [3.8, 4) is 0 Å². The highest BCUT2D eigenvalue weighted by molar-refractivity contribution is 6.09. The first-order valence-corrected chi connectivity index (χ1v) is 7.80. The number of aldehydes is 1. The number of amides is 2. The van der Waals surface area contributed by atoms with Crippen molar-refractivity contribution in [2.24, 2.45) is 5.73 Å². The van der Waals surface area contributed by atoms with Gasteiger partial charge in [-0.1, -0.05) is 0 Å². The number of halogens is 4. The topological polar surface area (TPSA) is 114 Å². The lowest BCUT2D eigenvalue weighted by Crippen LogP contribution is -2.22. The molecule has 1 heterocycles. The number of benzene rings is 1. The monoisotopic (exact) mass is 398 g/mol. The average molecular weight is 398 g/mol. The van der Waals surface area contributed by atoms with E-state index in [1.54, 1.807) is 6.92 Å². The number of hydrogen-bond donors (Lipinski definition) is 3. The number of hydrogen-bond acceptors (Lipinski definition) is 5. The Balaban J connectivity index is 2.53. The SMILES string of the molecule is CCNc1c(C=O)cc(C(F)(F)F)nc1C(=O)Nc1ccc(F)c(C(N)=O)c1. The maximum atomic E-state index is 13.5. The zero-order chi connectivity index (χ0) is 21.1. The van der Waals surface area contributed by atoms with Gasteiger partial charge in [0.2, 0.25) is 0 Å². The maximum absolute atomic E-state index is 13.5. The van der Waals surface area contributed by atoms with E-state index >= 15 is 0 Å². The van der Waals surface area contributed by atoms with Crippen molar-refractivity contribution in [3.63, 3.8) is 0 Å². The summed E-state index contributed by atoms with van der Waals surface area (Å²) in [6, 6.07) is 3.39. The van der Waals surface area contributed by atoms with Gasteiger partial charge < -0.3 is 16.4 Å². The van der Waals surface area contributed by atoms with Crippen molar-refractivity contribution in [1.82, 2.24) is 4.98 Å². The lowest BCUT2D eigenvalue weighted by atomic mass is 10.1. The van der Waals surface area contributed by atoms with Gasteiger partial charge in [0.05, 0.1) is 11.3 Å². The fraction of sp³-hybridized carbons (Fsp3) is 0.176. The molecule has 0 spiro atoms. The minimum Gasteiger partial charge on any atom is -0.383 e. The predicted molar refractivity (Wildman–Crippen MR) is 91.7 cm³/mol. The van der Waals surface area contributed by atoms with E-state index in [1.165, 1.54) is 0 Å². The maximum Gasteiger partial charge on any atom is 0.433 e. The van der Waals surface area contributed by atoms with Crippen LogP contribution in [0.15, 0.2) is 24.3 Å². The van der Waals surface area contributed by atoms with Crippen LogP contribution in [0.1, 0.15) is 43.8 Å². The third kappa shape index (κ3) is 4.42. The molecular weight excluding hydrogens is 384 g/mol. The summed E-state index contributed by atoms with van der Waals surface area (Å²) in [5.41, 5.74) is 1.67. The van der Waals surface area contributed by atoms with E-state index in [2.05, 4.69) is 15.6 Å². The number of alkyl halides is 3. The van der Waals surface area contributed by atoms with Crippen molar-refractivity contribution < 1.29 is 31.9 Å². The number of carbonyl (C=O) groups is 3. The normalized spacial score (nSPS) is 11.0. The molecule has 148 valence electrons. The minimum atomic E-state index is -4.90. The minimum absolute atomic E-state index is 0.102. The quantitative estimate of drug-likeness (QED) is 0.511. The summed E-state index contributed by atoms with van der Waals surface area (Å²) in [5.74, 6) is -3.13. The van der Waals surface area contributed by atoms with Crippen LogP contribution >= 0.6 is 0 Å². The molecule has 0 unspecified atom stereocenters. The summed E-state index contributed by atoms with van der Waals surface area (Å²) in [5, 5.41) is 4.83. The first-order chi connectivity index (χ1) is 13.1. The standard InChI is InChI=1S/C17H14F4N4O3/c1-2-23-13-8(7-26)5-12(17(19,20)21)25-14(13)16(28)24-9-3-4-11(18)10(6-9)15(22)27/h3-7,23H,2H2,1H3,(H2,22,27)(H,24,28). The van der Waals surface area contributed by atoms with Gasteiger partial charge in [0.25, 0.3) is 11.8 Å². The largest absolute Gasteiger partial charge is 0.433 e. The summed E-state index contributed by atoms with van der Waals surface area (Å²) < 4.78 is 52.7. The molecule has 0 saturated heterocycles. The Morgan fingerprint density at radius 3 is 2.46 bits per heavy atom. The molecule has 0 radical (unpaired) electrons. The first kappa shape index (κ1) is 20.8. The van der Waals surface area contributed by atoms with Gasteiger partial charge >= 0.3 is 6.18 Å². The average Bonchev–Trinajstić information content (AvgIpc) is 2.62. The highest BCUT2D eigenvalue weighted by Gasteiger charge is 2.35. The summed E-state index contributed by atoms with van der Waals surface area (Å²) in [7, 11) is 0. The molecule has 2 rings (SSSR count). The molecule has 0 atom stereocenters. The molecule has 4 N–H and O–H groups in total. The summed E-state index contributed by atoms with van der Waals surface area (Å²) >= 11 is 0. The Morgan fingerprint density at radius 1 is 1.25 bits per heavy atom. The van der Waals surface area contributed by atoms with E-state index in [9.17, 15) is 31.9 Å². The Hall–Kier alpha value is -3.50. The summed E-state index contributed by atoms with van der Waals surface area (Å²) in [4.78, 5) is 38.2. The molecule has 1 aromatic heterocycles. The highest BCUT2D eigenvalue weighted by atomic mass is 19.4. The smallest absolute Gasteiger partial charge is 0.383 e. The third-order valence-electron chi connectivity index (χ3n) is 3.53. The van der Waals surface area contributed by atoms with E-state index in [0.717, 1.165) is 18.2 Å². The van der Waals surface area contributed by atoms with Crippen molar-refractivity contribution in [1.29, 1.82) is 0 Å². The van der Waals surface area contributed by atoms with E-state index in [4.69, 9.17) is 5.73 Å². The Morgan fingerprint density at radius 2 is 1.93 bits per heavy atom. The van der Waals surface area contributed by atoms with Crippen LogP contribution < -0.4 is 16.4 Å². The van der Waals surface area contributed by atoms with Crippen molar-refractivity contribution >= 4 is 29.5 Å².